The molecule has 2 aromatic rings. The Labute approximate surface area is 141 Å². The van der Waals surface area contributed by atoms with E-state index in [-0.39, 0.29) is 12.5 Å². The van der Waals surface area contributed by atoms with Gasteiger partial charge in [0.05, 0.1) is 11.5 Å². The van der Waals surface area contributed by atoms with Crippen LogP contribution in [-0.4, -0.2) is 17.6 Å². The van der Waals surface area contributed by atoms with E-state index in [1.54, 1.807) is 36.4 Å². The lowest BCUT2D eigenvalue weighted by Gasteiger charge is -2.25. The lowest BCUT2D eigenvalue weighted by atomic mass is 9.83. The molecule has 0 bridgehead atoms. The van der Waals surface area contributed by atoms with Crippen LogP contribution in [0.4, 0.5) is 5.69 Å². The van der Waals surface area contributed by atoms with Crippen molar-refractivity contribution in [3.63, 3.8) is 0 Å². The van der Waals surface area contributed by atoms with E-state index in [1.807, 2.05) is 26.0 Å². The van der Waals surface area contributed by atoms with Crippen LogP contribution < -0.4 is 11.1 Å². The molecule has 0 radical (unpaired) electrons. The maximum absolute atomic E-state index is 12.5. The zero-order valence-electron chi connectivity index (χ0n) is 13.2. The van der Waals surface area contributed by atoms with Gasteiger partial charge in [-0.25, -0.2) is 0 Å². The molecule has 4 N–H and O–H groups in total. The topological polar surface area (TPSA) is 75.3 Å². The SMILES string of the molecule is CC(C)(C(=O)NCC(O)c1ccc(Cl)cc1)c1ccc(N)cc1. The predicted molar refractivity (Wildman–Crippen MR) is 93.3 cm³/mol. The average Bonchev–Trinajstić information content (AvgIpc) is 2.53. The van der Waals surface area contributed by atoms with E-state index in [9.17, 15) is 9.90 Å². The van der Waals surface area contributed by atoms with Gasteiger partial charge in [0.25, 0.3) is 0 Å². The summed E-state index contributed by atoms with van der Waals surface area (Å²) in [5, 5.41) is 13.6. The average molecular weight is 333 g/mol. The van der Waals surface area contributed by atoms with Crippen molar-refractivity contribution in [1.29, 1.82) is 0 Å². The van der Waals surface area contributed by atoms with Gasteiger partial charge in [-0.3, -0.25) is 4.79 Å². The Kier molecular flexibility index (Phi) is 5.29. The minimum Gasteiger partial charge on any atom is -0.399 e. The highest BCUT2D eigenvalue weighted by Gasteiger charge is 2.29. The van der Waals surface area contributed by atoms with Crippen LogP contribution in [0.25, 0.3) is 0 Å². The standard InChI is InChI=1S/C18H21ClN2O2/c1-18(2,13-5-9-15(20)10-6-13)17(23)21-11-16(22)12-3-7-14(19)8-4-12/h3-10,16,22H,11,20H2,1-2H3,(H,21,23). The molecule has 0 spiro atoms. The van der Waals surface area contributed by atoms with Crippen molar-refractivity contribution in [3.8, 4) is 0 Å². The van der Waals surface area contributed by atoms with Gasteiger partial charge in [0.15, 0.2) is 0 Å². The van der Waals surface area contributed by atoms with E-state index in [0.717, 1.165) is 5.56 Å². The molecule has 1 unspecified atom stereocenters. The number of nitrogens with two attached hydrogens (primary N) is 1. The molecular weight excluding hydrogens is 312 g/mol. The smallest absolute Gasteiger partial charge is 0.230 e. The molecule has 0 aliphatic carbocycles. The highest BCUT2D eigenvalue weighted by Crippen LogP contribution is 2.24. The van der Waals surface area contributed by atoms with Crippen molar-refractivity contribution >= 4 is 23.2 Å². The summed E-state index contributed by atoms with van der Waals surface area (Å²) in [6, 6.07) is 14.1. The Balaban J connectivity index is 2.00. The van der Waals surface area contributed by atoms with Crippen LogP contribution in [0.3, 0.4) is 0 Å². The van der Waals surface area contributed by atoms with Crippen molar-refractivity contribution < 1.29 is 9.90 Å². The van der Waals surface area contributed by atoms with E-state index in [1.165, 1.54) is 0 Å². The molecule has 0 aliphatic heterocycles. The Morgan fingerprint density at radius 2 is 1.74 bits per heavy atom. The molecule has 23 heavy (non-hydrogen) atoms. The number of nitrogen functional groups attached to an aromatic ring is 1. The van der Waals surface area contributed by atoms with Gasteiger partial charge < -0.3 is 16.2 Å². The maximum Gasteiger partial charge on any atom is 0.230 e. The highest BCUT2D eigenvalue weighted by atomic mass is 35.5. The van der Waals surface area contributed by atoms with Crippen molar-refractivity contribution in [2.24, 2.45) is 0 Å². The molecule has 5 heteroatoms. The van der Waals surface area contributed by atoms with Crippen LogP contribution in [0.1, 0.15) is 31.1 Å². The number of carbonyl (C=O) groups is 1. The van der Waals surface area contributed by atoms with Gasteiger partial charge >= 0.3 is 0 Å². The third-order valence-electron chi connectivity index (χ3n) is 3.91. The molecule has 2 rings (SSSR count). The summed E-state index contributed by atoms with van der Waals surface area (Å²) in [6.07, 6.45) is -0.779. The number of halogens is 1. The number of aliphatic hydroxyl groups excluding tert-OH is 1. The maximum atomic E-state index is 12.5. The summed E-state index contributed by atoms with van der Waals surface area (Å²) in [7, 11) is 0. The van der Waals surface area contributed by atoms with Crippen LogP contribution in [0.2, 0.25) is 5.02 Å². The monoisotopic (exact) mass is 332 g/mol. The minimum absolute atomic E-state index is 0.138. The number of rotatable bonds is 5. The van der Waals surface area contributed by atoms with Gasteiger partial charge in [-0.05, 0) is 49.2 Å². The molecule has 1 amide bonds. The molecular formula is C18H21ClN2O2. The first-order valence-electron chi connectivity index (χ1n) is 7.38. The molecule has 4 nitrogen and oxygen atoms in total. The van der Waals surface area contributed by atoms with Gasteiger partial charge in [-0.15, -0.1) is 0 Å². The Morgan fingerprint density at radius 1 is 1.17 bits per heavy atom. The first-order valence-corrected chi connectivity index (χ1v) is 7.76. The summed E-state index contributed by atoms with van der Waals surface area (Å²) in [5.74, 6) is -0.157. The van der Waals surface area contributed by atoms with Gasteiger partial charge in [0.1, 0.15) is 0 Å². The summed E-state index contributed by atoms with van der Waals surface area (Å²) < 4.78 is 0. The normalized spacial score (nSPS) is 12.7. The van der Waals surface area contributed by atoms with Crippen LogP contribution in [0.5, 0.6) is 0 Å². The van der Waals surface area contributed by atoms with E-state index < -0.39 is 11.5 Å². The minimum atomic E-state index is -0.779. The Bertz CT molecular complexity index is 666. The number of nitrogens with one attached hydrogen (secondary N) is 1. The number of carbonyl (C=O) groups excluding carboxylic acids is 1. The first kappa shape index (κ1) is 17.3. The fourth-order valence-electron chi connectivity index (χ4n) is 2.24. The largest absolute Gasteiger partial charge is 0.399 e. The molecule has 2 aromatic carbocycles. The lowest BCUT2D eigenvalue weighted by Crippen LogP contribution is -2.41. The fourth-order valence-corrected chi connectivity index (χ4v) is 2.37. The predicted octanol–water partition coefficient (Wildman–Crippen LogP) is 3.05. The van der Waals surface area contributed by atoms with Crippen molar-refractivity contribution in [2.75, 3.05) is 12.3 Å². The molecule has 0 aliphatic rings. The number of hydrogen-bond donors (Lipinski definition) is 3. The van der Waals surface area contributed by atoms with Crippen molar-refractivity contribution in [3.05, 3.63) is 64.7 Å². The van der Waals surface area contributed by atoms with E-state index in [4.69, 9.17) is 17.3 Å². The van der Waals surface area contributed by atoms with E-state index >= 15 is 0 Å². The number of anilines is 1. The second kappa shape index (κ2) is 7.02. The number of amides is 1. The van der Waals surface area contributed by atoms with Gasteiger partial charge in [-0.2, -0.15) is 0 Å². The summed E-state index contributed by atoms with van der Waals surface area (Å²) in [6.45, 7) is 3.81. The Morgan fingerprint density at radius 3 is 2.30 bits per heavy atom. The van der Waals surface area contributed by atoms with Crippen molar-refractivity contribution in [2.45, 2.75) is 25.4 Å². The van der Waals surface area contributed by atoms with Gasteiger partial charge in [0.2, 0.25) is 5.91 Å². The van der Waals surface area contributed by atoms with Gasteiger partial charge in [0, 0.05) is 17.3 Å². The first-order chi connectivity index (χ1) is 10.8. The second-order valence-corrected chi connectivity index (χ2v) is 6.46. The third-order valence-corrected chi connectivity index (χ3v) is 4.16. The lowest BCUT2D eigenvalue weighted by molar-refractivity contribution is -0.126. The van der Waals surface area contributed by atoms with E-state index in [2.05, 4.69) is 5.32 Å². The molecule has 1 atom stereocenters. The fraction of sp³-hybridized carbons (Fsp3) is 0.278. The van der Waals surface area contributed by atoms with E-state index in [0.29, 0.717) is 16.3 Å². The zero-order chi connectivity index (χ0) is 17.0. The van der Waals surface area contributed by atoms with Crippen LogP contribution in [-0.2, 0) is 10.2 Å². The highest BCUT2D eigenvalue weighted by molar-refractivity contribution is 6.30. The van der Waals surface area contributed by atoms with Crippen molar-refractivity contribution in [1.82, 2.24) is 5.32 Å². The van der Waals surface area contributed by atoms with Crippen LogP contribution >= 0.6 is 11.6 Å². The molecule has 0 fully saturated rings. The third kappa shape index (κ3) is 4.24. The number of benzene rings is 2. The molecule has 0 aromatic heterocycles. The number of aliphatic hydroxyl groups is 1. The quantitative estimate of drug-likeness (QED) is 0.737. The van der Waals surface area contributed by atoms with Gasteiger partial charge in [-0.1, -0.05) is 35.9 Å². The van der Waals surface area contributed by atoms with Crippen LogP contribution in [0.15, 0.2) is 48.5 Å². The van der Waals surface area contributed by atoms with Crippen LogP contribution in [0, 0.1) is 0 Å². The molecule has 0 heterocycles. The molecule has 122 valence electrons. The molecule has 0 saturated carbocycles. The second-order valence-electron chi connectivity index (χ2n) is 6.02. The summed E-state index contributed by atoms with van der Waals surface area (Å²) in [5.41, 5.74) is 7.19. The number of hydrogen-bond acceptors (Lipinski definition) is 3. The Hall–Kier alpha value is -2.04. The zero-order valence-corrected chi connectivity index (χ0v) is 14.0. The summed E-state index contributed by atoms with van der Waals surface area (Å²) >= 11 is 5.82. The molecule has 0 saturated heterocycles. The summed E-state index contributed by atoms with van der Waals surface area (Å²) in [4.78, 5) is 12.5.